The zero-order chi connectivity index (χ0) is 26.4. The third-order valence-electron chi connectivity index (χ3n) is 9.35. The van der Waals surface area contributed by atoms with Crippen LogP contribution in [-0.4, -0.2) is 142 Å². The molecule has 214 valence electrons. The molecule has 2 aliphatic carbocycles. The quantitative estimate of drug-likeness (QED) is 0.197. The van der Waals surface area contributed by atoms with Gasteiger partial charge in [-0.2, -0.15) is 0 Å². The highest BCUT2D eigenvalue weighted by Gasteiger charge is 2.61. The largest absolute Gasteiger partial charge is 0.427 e. The van der Waals surface area contributed by atoms with Crippen molar-refractivity contribution in [1.82, 2.24) is 0 Å². The zero-order valence-corrected chi connectivity index (χ0v) is 21.4. The van der Waals surface area contributed by atoms with Gasteiger partial charge in [-0.25, -0.2) is 0 Å². The van der Waals surface area contributed by atoms with E-state index in [1.165, 1.54) is 0 Å². The van der Waals surface area contributed by atoms with Crippen LogP contribution in [0.4, 0.5) is 0 Å². The SMILES string of the molecule is COC1CC(C2[OH+]C3CC(O)CC4OCCC(C2OC2OC(CO)C(O)C(O)C2O)C43)CC(OC)C1O. The normalized spacial score (nSPS) is 54.5. The lowest BCUT2D eigenvalue weighted by molar-refractivity contribution is -0.377. The van der Waals surface area contributed by atoms with Gasteiger partial charge in [0, 0.05) is 45.5 Å². The van der Waals surface area contributed by atoms with E-state index in [9.17, 15) is 30.6 Å². The smallest absolute Gasteiger partial charge is 0.187 e. The topological polar surface area (TPSA) is 180 Å². The van der Waals surface area contributed by atoms with Crippen LogP contribution in [0.1, 0.15) is 32.1 Å². The zero-order valence-electron chi connectivity index (χ0n) is 21.4. The lowest BCUT2D eigenvalue weighted by atomic mass is 9.65. The van der Waals surface area contributed by atoms with E-state index in [0.29, 0.717) is 38.7 Å². The van der Waals surface area contributed by atoms with E-state index in [1.807, 2.05) is 0 Å². The number of aliphatic hydroxyl groups excluding tert-OH is 6. The predicted molar refractivity (Wildman–Crippen MR) is 125 cm³/mol. The first kappa shape index (κ1) is 28.1. The Bertz CT molecular complexity index is 741. The van der Waals surface area contributed by atoms with Crippen molar-refractivity contribution in [3.05, 3.63) is 0 Å². The number of ether oxygens (including phenoxy) is 6. The Kier molecular flexibility index (Phi) is 8.77. The maximum absolute atomic E-state index is 10.7. The molecule has 0 aromatic rings. The highest BCUT2D eigenvalue weighted by Crippen LogP contribution is 2.49. The fraction of sp³-hybridized carbons (Fsp3) is 1.00. The average Bonchev–Trinajstić information content (AvgIpc) is 2.90. The molecule has 0 spiro atoms. The Morgan fingerprint density at radius 2 is 1.57 bits per heavy atom. The molecule has 0 bridgehead atoms. The molecule has 0 amide bonds. The molecule has 7 N–H and O–H groups in total. The van der Waals surface area contributed by atoms with Crippen molar-refractivity contribution in [3.8, 4) is 0 Å². The first-order valence-electron chi connectivity index (χ1n) is 13.5. The summed E-state index contributed by atoms with van der Waals surface area (Å²) in [5.41, 5.74) is 0. The molecule has 14 atom stereocenters. The third kappa shape index (κ3) is 5.21. The second kappa shape index (κ2) is 11.6. The van der Waals surface area contributed by atoms with E-state index in [4.69, 9.17) is 28.4 Å². The first-order valence-corrected chi connectivity index (χ1v) is 13.5. The molecule has 0 aromatic heterocycles. The Morgan fingerprint density at radius 1 is 0.865 bits per heavy atom. The van der Waals surface area contributed by atoms with Gasteiger partial charge in [-0.1, -0.05) is 0 Å². The van der Waals surface area contributed by atoms with Crippen molar-refractivity contribution in [2.75, 3.05) is 27.4 Å². The molecule has 3 aliphatic heterocycles. The van der Waals surface area contributed by atoms with Crippen LogP contribution in [0.15, 0.2) is 0 Å². The molecule has 5 aliphatic rings. The van der Waals surface area contributed by atoms with Gasteiger partial charge in [0.05, 0.1) is 36.9 Å². The van der Waals surface area contributed by atoms with E-state index in [0.717, 1.165) is 0 Å². The highest BCUT2D eigenvalue weighted by molar-refractivity contribution is 5.04. The van der Waals surface area contributed by atoms with Crippen molar-refractivity contribution in [2.24, 2.45) is 17.8 Å². The summed E-state index contributed by atoms with van der Waals surface area (Å²) in [5.74, 6) is -0.0802. The van der Waals surface area contributed by atoms with Crippen LogP contribution >= 0.6 is 0 Å². The maximum atomic E-state index is 10.7. The maximum Gasteiger partial charge on any atom is 0.187 e. The minimum atomic E-state index is -1.55. The van der Waals surface area contributed by atoms with Gasteiger partial charge in [0.1, 0.15) is 36.6 Å². The van der Waals surface area contributed by atoms with Crippen LogP contribution in [0, 0.1) is 17.8 Å². The fourth-order valence-corrected chi connectivity index (χ4v) is 7.46. The Hall–Kier alpha value is -0.480. The summed E-state index contributed by atoms with van der Waals surface area (Å²) in [6.07, 6.45) is -7.53. The lowest BCUT2D eigenvalue weighted by Gasteiger charge is -2.54. The number of hydrogen-bond donors (Lipinski definition) is 6. The summed E-state index contributed by atoms with van der Waals surface area (Å²) in [6, 6.07) is 0. The molecule has 5 fully saturated rings. The standard InChI is InChI=1S/C25H42O12/c1-32-15-5-10(6-16(33-2)19(15)28)23-24(37-25-22(31)21(30)20(29)17(9-26)36-25)12-3-4-34-13-7-11(27)8-14(35-23)18(12)13/h10-31H,3-9H2,1-2H3/p+1. The summed E-state index contributed by atoms with van der Waals surface area (Å²) in [5, 5.41) is 62.2. The molecule has 37 heavy (non-hydrogen) atoms. The van der Waals surface area contributed by atoms with Crippen molar-refractivity contribution in [1.29, 1.82) is 0 Å². The van der Waals surface area contributed by atoms with E-state index in [-0.39, 0.29) is 36.1 Å². The van der Waals surface area contributed by atoms with Gasteiger partial charge in [-0.3, -0.25) is 0 Å². The van der Waals surface area contributed by atoms with Crippen LogP contribution in [-0.2, 0) is 23.7 Å². The average molecular weight is 536 g/mol. The minimum absolute atomic E-state index is 0.0139. The summed E-state index contributed by atoms with van der Waals surface area (Å²) < 4.78 is 34.6. The van der Waals surface area contributed by atoms with E-state index < -0.39 is 67.8 Å². The van der Waals surface area contributed by atoms with Crippen molar-refractivity contribution in [3.63, 3.8) is 0 Å². The summed E-state index contributed by atoms with van der Waals surface area (Å²) >= 11 is 0. The van der Waals surface area contributed by atoms with Crippen LogP contribution < -0.4 is 0 Å². The Labute approximate surface area is 216 Å². The summed E-state index contributed by atoms with van der Waals surface area (Å²) in [4.78, 5) is 0. The highest BCUT2D eigenvalue weighted by atomic mass is 16.7. The van der Waals surface area contributed by atoms with Crippen LogP contribution in [0.25, 0.3) is 0 Å². The van der Waals surface area contributed by atoms with Gasteiger partial charge in [0.15, 0.2) is 18.5 Å². The first-order chi connectivity index (χ1) is 17.8. The summed E-state index contributed by atoms with van der Waals surface area (Å²) in [6.45, 7) is -0.0476. The minimum Gasteiger partial charge on any atom is -0.427 e. The molecule has 12 heteroatoms. The predicted octanol–water partition coefficient (Wildman–Crippen LogP) is -2.57. The molecule has 0 radical (unpaired) electrons. The fourth-order valence-electron chi connectivity index (χ4n) is 7.46. The van der Waals surface area contributed by atoms with Crippen molar-refractivity contribution < 1.29 is 59.1 Å². The summed E-state index contributed by atoms with van der Waals surface area (Å²) in [7, 11) is 3.11. The van der Waals surface area contributed by atoms with Gasteiger partial charge in [-0.15, -0.1) is 0 Å². The molecular weight excluding hydrogens is 492 g/mol. The Morgan fingerprint density at radius 3 is 2.22 bits per heavy atom. The van der Waals surface area contributed by atoms with Gasteiger partial charge in [-0.05, 0) is 19.3 Å². The number of rotatable bonds is 6. The lowest BCUT2D eigenvalue weighted by Crippen LogP contribution is -2.67. The molecule has 5 rings (SSSR count). The molecule has 12 nitrogen and oxygen atoms in total. The third-order valence-corrected chi connectivity index (χ3v) is 9.35. The van der Waals surface area contributed by atoms with Gasteiger partial charge >= 0.3 is 0 Å². The molecule has 2 saturated carbocycles. The van der Waals surface area contributed by atoms with Crippen LogP contribution in [0.2, 0.25) is 0 Å². The van der Waals surface area contributed by atoms with Crippen LogP contribution in [0.3, 0.4) is 0 Å². The van der Waals surface area contributed by atoms with Crippen molar-refractivity contribution in [2.45, 2.75) is 112 Å². The van der Waals surface area contributed by atoms with Crippen LogP contribution in [0.5, 0.6) is 0 Å². The van der Waals surface area contributed by atoms with Gasteiger partial charge in [0.2, 0.25) is 0 Å². The number of hydrogen-bond acceptors (Lipinski definition) is 11. The monoisotopic (exact) mass is 535 g/mol. The molecule has 0 aromatic carbocycles. The van der Waals surface area contributed by atoms with Gasteiger partial charge < -0.3 is 59.1 Å². The van der Waals surface area contributed by atoms with Crippen molar-refractivity contribution >= 4 is 0 Å². The Balaban J connectivity index is 1.45. The van der Waals surface area contributed by atoms with E-state index >= 15 is 0 Å². The number of aliphatic hydroxyl groups is 8. The molecular formula is C25H43O12+. The molecule has 14 unspecified atom stereocenters. The van der Waals surface area contributed by atoms with E-state index in [2.05, 4.69) is 0 Å². The van der Waals surface area contributed by atoms with E-state index in [1.54, 1.807) is 14.2 Å². The molecule has 3 saturated heterocycles. The number of methoxy groups -OCH3 is 2. The molecule has 3 heterocycles. The van der Waals surface area contributed by atoms with Gasteiger partial charge in [0.25, 0.3) is 0 Å². The second-order valence-corrected chi connectivity index (χ2v) is 11.3. The second-order valence-electron chi connectivity index (χ2n) is 11.3.